The van der Waals surface area contributed by atoms with Gasteiger partial charge in [0.25, 0.3) is 5.91 Å². The molecule has 7 nitrogen and oxygen atoms in total. The lowest BCUT2D eigenvalue weighted by Gasteiger charge is -2.43. The number of halogens is 3. The summed E-state index contributed by atoms with van der Waals surface area (Å²) in [6.45, 7) is 4.96. The highest BCUT2D eigenvalue weighted by molar-refractivity contribution is 5.92. The van der Waals surface area contributed by atoms with Gasteiger partial charge in [0.15, 0.2) is 0 Å². The Morgan fingerprint density at radius 2 is 2.12 bits per heavy atom. The Bertz CT molecular complexity index is 1080. The summed E-state index contributed by atoms with van der Waals surface area (Å²) in [5, 5.41) is 13.3. The number of carbonyl (C=O) groups excluding carboxylic acids is 1. The summed E-state index contributed by atoms with van der Waals surface area (Å²) >= 11 is 0. The van der Waals surface area contributed by atoms with E-state index in [1.54, 1.807) is 36.2 Å². The van der Waals surface area contributed by atoms with Crippen LogP contribution in [0.1, 0.15) is 35.0 Å². The first-order valence-corrected chi connectivity index (χ1v) is 10.9. The molecule has 1 amide bonds. The molecule has 1 aromatic carbocycles. The zero-order valence-corrected chi connectivity index (χ0v) is 18.6. The van der Waals surface area contributed by atoms with Crippen molar-refractivity contribution < 1.29 is 22.7 Å². The number of rotatable bonds is 5. The van der Waals surface area contributed by atoms with Gasteiger partial charge in [-0.25, -0.2) is 0 Å². The molecule has 4 rings (SSSR count). The molecule has 0 saturated carbocycles. The van der Waals surface area contributed by atoms with E-state index in [9.17, 15) is 18.0 Å². The molecule has 10 heteroatoms. The largest absolute Gasteiger partial charge is 0.417 e. The van der Waals surface area contributed by atoms with E-state index in [2.05, 4.69) is 5.10 Å². The molecule has 1 aromatic heterocycles. The number of piperidine rings is 1. The maximum Gasteiger partial charge on any atom is 0.417 e. The van der Waals surface area contributed by atoms with Gasteiger partial charge in [0.1, 0.15) is 5.69 Å². The minimum atomic E-state index is -4.61. The standard InChI is InChI=1S/C23H26F3N5O2/c1-3-31-20(6-8-28-31)21(32)29-9-7-17-12-30(14-22(17,13-29)15-33-2)18-5-4-16(11-27)19(10-18)23(24,25)26/h4-6,8,10,17H,3,7,9,12-15H2,1-2H3/t17-,22+/m1/s1. The first kappa shape index (κ1) is 23.1. The molecule has 2 aliphatic heterocycles. The minimum absolute atomic E-state index is 0.0977. The zero-order chi connectivity index (χ0) is 23.8. The number of hydrogen-bond donors (Lipinski definition) is 0. The second kappa shape index (κ2) is 8.71. The Kier molecular flexibility index (Phi) is 6.10. The Morgan fingerprint density at radius 1 is 1.33 bits per heavy atom. The van der Waals surface area contributed by atoms with Crippen molar-refractivity contribution in [3.05, 3.63) is 47.3 Å². The average Bonchev–Trinajstić information content (AvgIpc) is 3.42. The van der Waals surface area contributed by atoms with Crippen molar-refractivity contribution in [1.82, 2.24) is 14.7 Å². The van der Waals surface area contributed by atoms with Crippen LogP contribution in [-0.2, 0) is 17.5 Å². The number of hydrogen-bond acceptors (Lipinski definition) is 5. The molecule has 2 aromatic rings. The van der Waals surface area contributed by atoms with Crippen molar-refractivity contribution >= 4 is 11.6 Å². The first-order valence-electron chi connectivity index (χ1n) is 10.9. The lowest BCUT2D eigenvalue weighted by atomic mass is 9.74. The normalized spacial score (nSPS) is 22.8. The minimum Gasteiger partial charge on any atom is -0.384 e. The van der Waals surface area contributed by atoms with E-state index >= 15 is 0 Å². The number of amides is 1. The molecule has 2 atom stereocenters. The molecule has 33 heavy (non-hydrogen) atoms. The maximum atomic E-state index is 13.5. The molecule has 0 unspecified atom stereocenters. The number of nitriles is 1. The number of aryl methyl sites for hydroxylation is 1. The van der Waals surface area contributed by atoms with E-state index in [-0.39, 0.29) is 11.8 Å². The van der Waals surface area contributed by atoms with Gasteiger partial charge < -0.3 is 14.5 Å². The van der Waals surface area contributed by atoms with Crippen LogP contribution in [0.2, 0.25) is 0 Å². The summed E-state index contributed by atoms with van der Waals surface area (Å²) < 4.78 is 47.7. The van der Waals surface area contributed by atoms with Crippen molar-refractivity contribution in [1.29, 1.82) is 5.26 Å². The fourth-order valence-corrected chi connectivity index (χ4v) is 5.24. The molecule has 2 fully saturated rings. The van der Waals surface area contributed by atoms with Gasteiger partial charge in [-0.1, -0.05) is 0 Å². The average molecular weight is 461 g/mol. The lowest BCUT2D eigenvalue weighted by Crippen LogP contribution is -2.53. The van der Waals surface area contributed by atoms with Gasteiger partial charge in [-0.2, -0.15) is 23.5 Å². The summed E-state index contributed by atoms with van der Waals surface area (Å²) in [5.41, 5.74) is -0.763. The van der Waals surface area contributed by atoms with Crippen LogP contribution in [0.25, 0.3) is 0 Å². The number of aromatic nitrogens is 2. The number of anilines is 1. The van der Waals surface area contributed by atoms with Crippen LogP contribution < -0.4 is 4.90 Å². The van der Waals surface area contributed by atoms with E-state index in [1.165, 1.54) is 6.07 Å². The van der Waals surface area contributed by atoms with Crippen molar-refractivity contribution in [3.63, 3.8) is 0 Å². The molecule has 2 aliphatic rings. The molecule has 0 N–H and O–H groups in total. The highest BCUT2D eigenvalue weighted by atomic mass is 19.4. The number of benzene rings is 1. The molecule has 0 spiro atoms. The van der Waals surface area contributed by atoms with E-state index < -0.39 is 22.7 Å². The summed E-state index contributed by atoms with van der Waals surface area (Å²) in [5.74, 6) is 0.0713. The van der Waals surface area contributed by atoms with Crippen molar-refractivity contribution in [2.75, 3.05) is 44.8 Å². The number of carbonyl (C=O) groups is 1. The van der Waals surface area contributed by atoms with Gasteiger partial charge in [0.05, 0.1) is 23.8 Å². The summed E-state index contributed by atoms with van der Waals surface area (Å²) in [6, 6.07) is 7.18. The SMILES string of the molecule is CCn1nccc1C(=O)N1CC[C@@H]2CN(c3ccc(C#N)c(C(F)(F)F)c3)C[C@]2(COC)C1. The molecule has 2 saturated heterocycles. The van der Waals surface area contributed by atoms with Crippen LogP contribution in [0.3, 0.4) is 0 Å². The smallest absolute Gasteiger partial charge is 0.384 e. The molecule has 3 heterocycles. The molecule has 0 aliphatic carbocycles. The quantitative estimate of drug-likeness (QED) is 0.682. The van der Waals surface area contributed by atoms with Crippen LogP contribution in [0.4, 0.5) is 18.9 Å². The molecular weight excluding hydrogens is 435 g/mol. The second-order valence-corrected chi connectivity index (χ2v) is 8.76. The number of alkyl halides is 3. The highest BCUT2D eigenvalue weighted by Crippen LogP contribution is 2.45. The summed E-state index contributed by atoms with van der Waals surface area (Å²) in [6.07, 6.45) is -2.27. The molecule has 176 valence electrons. The highest BCUT2D eigenvalue weighted by Gasteiger charge is 2.51. The van der Waals surface area contributed by atoms with Crippen molar-refractivity contribution in [2.24, 2.45) is 11.3 Å². The third-order valence-electron chi connectivity index (χ3n) is 6.81. The molecule has 0 radical (unpaired) electrons. The van der Waals surface area contributed by atoms with Gasteiger partial charge in [0, 0.05) is 57.1 Å². The van der Waals surface area contributed by atoms with Crippen LogP contribution in [0.5, 0.6) is 0 Å². The number of nitrogens with zero attached hydrogens (tertiary/aromatic N) is 5. The summed E-state index contributed by atoms with van der Waals surface area (Å²) in [4.78, 5) is 16.9. The fraction of sp³-hybridized carbons (Fsp3) is 0.522. The number of fused-ring (bicyclic) bond motifs is 1. The van der Waals surface area contributed by atoms with Gasteiger partial charge in [-0.3, -0.25) is 9.48 Å². The van der Waals surface area contributed by atoms with Gasteiger partial charge >= 0.3 is 6.18 Å². The van der Waals surface area contributed by atoms with E-state index in [0.717, 1.165) is 12.5 Å². The van der Waals surface area contributed by atoms with E-state index in [0.29, 0.717) is 50.7 Å². The summed E-state index contributed by atoms with van der Waals surface area (Å²) in [7, 11) is 1.60. The Balaban J connectivity index is 1.61. The van der Waals surface area contributed by atoms with Gasteiger partial charge in [-0.05, 0) is 43.5 Å². The van der Waals surface area contributed by atoms with Crippen LogP contribution >= 0.6 is 0 Å². The van der Waals surface area contributed by atoms with Crippen LogP contribution in [0.15, 0.2) is 30.5 Å². The Morgan fingerprint density at radius 3 is 2.79 bits per heavy atom. The number of ether oxygens (including phenoxy) is 1. The van der Waals surface area contributed by atoms with Crippen LogP contribution in [-0.4, -0.2) is 60.5 Å². The molecule has 0 bridgehead atoms. The predicted octanol–water partition coefficient (Wildman–Crippen LogP) is 3.41. The molecular formula is C23H26F3N5O2. The van der Waals surface area contributed by atoms with Crippen LogP contribution in [0, 0.1) is 22.7 Å². The number of methoxy groups -OCH3 is 1. The second-order valence-electron chi connectivity index (χ2n) is 8.76. The Hall–Kier alpha value is -3.06. The van der Waals surface area contributed by atoms with Crippen molar-refractivity contribution in [3.8, 4) is 6.07 Å². The predicted molar refractivity (Wildman–Crippen MR) is 115 cm³/mol. The topological polar surface area (TPSA) is 74.4 Å². The lowest BCUT2D eigenvalue weighted by molar-refractivity contribution is -0.137. The van der Waals surface area contributed by atoms with Gasteiger partial charge in [-0.15, -0.1) is 0 Å². The van der Waals surface area contributed by atoms with E-state index in [4.69, 9.17) is 10.00 Å². The number of likely N-dealkylation sites (tertiary alicyclic amines) is 1. The first-order chi connectivity index (χ1) is 15.7. The third kappa shape index (κ3) is 4.17. The van der Waals surface area contributed by atoms with E-state index in [1.807, 2.05) is 16.7 Å². The zero-order valence-electron chi connectivity index (χ0n) is 18.6. The van der Waals surface area contributed by atoms with Gasteiger partial charge in [0.2, 0.25) is 0 Å². The maximum absolute atomic E-state index is 13.5. The monoisotopic (exact) mass is 461 g/mol. The Labute approximate surface area is 190 Å². The van der Waals surface area contributed by atoms with Crippen molar-refractivity contribution in [2.45, 2.75) is 26.1 Å². The third-order valence-corrected chi connectivity index (χ3v) is 6.81. The fourth-order valence-electron chi connectivity index (χ4n) is 5.24.